The molecule has 1 aromatic heterocycles. The van der Waals surface area contributed by atoms with E-state index in [-0.39, 0.29) is 27.5 Å². The number of benzene rings is 1. The van der Waals surface area contributed by atoms with Crippen molar-refractivity contribution >= 4 is 33.3 Å². The Morgan fingerprint density at radius 2 is 1.73 bits per heavy atom. The van der Waals surface area contributed by atoms with E-state index in [0.717, 1.165) is 10.6 Å². The van der Waals surface area contributed by atoms with Gasteiger partial charge in [0, 0.05) is 20.2 Å². The number of carbonyl (C=O) groups excluding carboxylic acids is 2. The number of hydrogen-bond acceptors (Lipinski definition) is 7. The number of nitrogens with one attached hydrogen (secondary N) is 1. The Bertz CT molecular complexity index is 1130. The van der Waals surface area contributed by atoms with Gasteiger partial charge < -0.3 is 10.6 Å². The molecule has 1 aliphatic rings. The van der Waals surface area contributed by atoms with Crippen LogP contribution in [0.25, 0.3) is 5.69 Å². The predicted octanol–water partition coefficient (Wildman–Crippen LogP) is -0.983. The molecule has 26 heavy (non-hydrogen) atoms. The molecule has 11 heteroatoms. The smallest absolute Gasteiger partial charge is 0.262 e. The monoisotopic (exact) mass is 377 g/mol. The van der Waals surface area contributed by atoms with Crippen molar-refractivity contribution in [2.75, 3.05) is 24.7 Å². The number of carbonyl (C=O) groups is 2. The van der Waals surface area contributed by atoms with Crippen molar-refractivity contribution in [2.45, 2.75) is 4.90 Å². The van der Waals surface area contributed by atoms with Crippen molar-refractivity contribution in [1.82, 2.24) is 9.88 Å². The molecule has 2 amide bonds. The standard InChI is InChI=1S/C15H15N5O5S/c1-19(2)9-4-3-7(26(17,24)25)5-10(9)20-11(21)6-8-12(13(20)16)15(23)18-14(8)22/h3-6H,16H2,1-2H3,(H2,17,24,25)(H,18,22,23). The molecule has 0 radical (unpaired) electrons. The summed E-state index contributed by atoms with van der Waals surface area (Å²) in [4.78, 5) is 37.7. The summed E-state index contributed by atoms with van der Waals surface area (Å²) in [5.41, 5.74) is 5.61. The van der Waals surface area contributed by atoms with Crippen LogP contribution < -0.4 is 26.6 Å². The minimum atomic E-state index is -4.04. The van der Waals surface area contributed by atoms with Gasteiger partial charge in [-0.15, -0.1) is 0 Å². The molecule has 10 nitrogen and oxygen atoms in total. The minimum absolute atomic E-state index is 0.110. The third-order valence-corrected chi connectivity index (χ3v) is 4.86. The summed E-state index contributed by atoms with van der Waals surface area (Å²) in [7, 11) is -0.679. The Kier molecular flexibility index (Phi) is 3.85. The fourth-order valence-electron chi connectivity index (χ4n) is 2.77. The van der Waals surface area contributed by atoms with Crippen LogP contribution in [0.5, 0.6) is 0 Å². The number of rotatable bonds is 3. The van der Waals surface area contributed by atoms with Crippen LogP contribution in [-0.2, 0) is 10.0 Å². The van der Waals surface area contributed by atoms with E-state index in [1.165, 1.54) is 18.2 Å². The first-order chi connectivity index (χ1) is 12.0. The van der Waals surface area contributed by atoms with Crippen molar-refractivity contribution in [3.05, 3.63) is 45.7 Å². The first kappa shape index (κ1) is 17.6. The molecule has 1 aliphatic heterocycles. The molecule has 1 aromatic carbocycles. The molecule has 0 bridgehead atoms. The molecular formula is C15H15N5O5S. The molecule has 0 spiro atoms. The van der Waals surface area contributed by atoms with Gasteiger partial charge in [0.25, 0.3) is 17.4 Å². The fourth-order valence-corrected chi connectivity index (χ4v) is 3.30. The zero-order chi connectivity index (χ0) is 19.4. The molecule has 0 unspecified atom stereocenters. The maximum atomic E-state index is 12.6. The summed E-state index contributed by atoms with van der Waals surface area (Å²) < 4.78 is 24.3. The lowest BCUT2D eigenvalue weighted by Crippen LogP contribution is -2.26. The van der Waals surface area contributed by atoms with Gasteiger partial charge in [-0.2, -0.15) is 0 Å². The molecule has 0 fully saturated rings. The Balaban J connectivity index is 2.41. The number of hydrogen-bond donors (Lipinski definition) is 3. The Morgan fingerprint density at radius 3 is 2.31 bits per heavy atom. The van der Waals surface area contributed by atoms with Crippen LogP contribution in [-0.4, -0.2) is 38.9 Å². The van der Waals surface area contributed by atoms with E-state index < -0.39 is 27.4 Å². The zero-order valence-corrected chi connectivity index (χ0v) is 14.6. The van der Waals surface area contributed by atoms with Crippen LogP contribution >= 0.6 is 0 Å². The van der Waals surface area contributed by atoms with E-state index in [2.05, 4.69) is 5.32 Å². The number of nitrogens with two attached hydrogens (primary N) is 2. The van der Waals surface area contributed by atoms with E-state index in [0.29, 0.717) is 5.69 Å². The number of primary sulfonamides is 1. The molecule has 0 saturated heterocycles. The molecule has 0 saturated carbocycles. The highest BCUT2D eigenvalue weighted by Crippen LogP contribution is 2.29. The van der Waals surface area contributed by atoms with Gasteiger partial charge in [-0.1, -0.05) is 0 Å². The maximum absolute atomic E-state index is 12.6. The average Bonchev–Trinajstić information content (AvgIpc) is 2.80. The van der Waals surface area contributed by atoms with Crippen LogP contribution in [0.2, 0.25) is 0 Å². The van der Waals surface area contributed by atoms with Crippen molar-refractivity contribution in [2.24, 2.45) is 5.14 Å². The summed E-state index contributed by atoms with van der Waals surface area (Å²) in [6.45, 7) is 0. The van der Waals surface area contributed by atoms with Gasteiger partial charge in [-0.05, 0) is 18.2 Å². The van der Waals surface area contributed by atoms with Gasteiger partial charge >= 0.3 is 0 Å². The summed E-state index contributed by atoms with van der Waals surface area (Å²) in [5, 5.41) is 7.23. The minimum Gasteiger partial charge on any atom is -0.384 e. The SMILES string of the molecule is CN(C)c1ccc(S(N)(=O)=O)cc1-n1c(N)c2c(cc1=O)C(=O)NC2=O. The quantitative estimate of drug-likeness (QED) is 0.580. The molecule has 2 heterocycles. The van der Waals surface area contributed by atoms with E-state index in [9.17, 15) is 22.8 Å². The number of pyridine rings is 1. The number of aromatic nitrogens is 1. The summed E-state index contributed by atoms with van der Waals surface area (Å²) in [6, 6.07) is 4.91. The average molecular weight is 377 g/mol. The second kappa shape index (κ2) is 5.68. The number of amides is 2. The molecular weight excluding hydrogens is 362 g/mol. The zero-order valence-electron chi connectivity index (χ0n) is 13.8. The fraction of sp³-hybridized carbons (Fsp3) is 0.133. The number of nitrogens with zero attached hydrogens (tertiary/aromatic N) is 2. The highest BCUT2D eigenvalue weighted by Gasteiger charge is 2.32. The molecule has 2 aromatic rings. The normalized spacial score (nSPS) is 13.5. The first-order valence-corrected chi connectivity index (χ1v) is 8.82. The van der Waals surface area contributed by atoms with E-state index in [1.54, 1.807) is 19.0 Å². The Morgan fingerprint density at radius 1 is 1.08 bits per heavy atom. The molecule has 5 N–H and O–H groups in total. The van der Waals surface area contributed by atoms with Gasteiger partial charge in [0.05, 0.1) is 27.4 Å². The van der Waals surface area contributed by atoms with Crippen molar-refractivity contribution in [3.63, 3.8) is 0 Å². The van der Waals surface area contributed by atoms with E-state index in [1.807, 2.05) is 0 Å². The number of imide groups is 1. The van der Waals surface area contributed by atoms with Crippen LogP contribution in [0.3, 0.4) is 0 Å². The topological polar surface area (TPSA) is 158 Å². The molecule has 136 valence electrons. The summed E-state index contributed by atoms with van der Waals surface area (Å²) in [5.74, 6) is -1.72. The summed E-state index contributed by atoms with van der Waals surface area (Å²) in [6.07, 6.45) is 0. The van der Waals surface area contributed by atoms with Crippen LogP contribution in [0.15, 0.2) is 34.0 Å². The number of fused-ring (bicyclic) bond motifs is 1. The Hall–Kier alpha value is -3.18. The third kappa shape index (κ3) is 2.62. The van der Waals surface area contributed by atoms with Gasteiger partial charge in [-0.3, -0.25) is 24.3 Å². The van der Waals surface area contributed by atoms with E-state index in [4.69, 9.17) is 10.9 Å². The van der Waals surface area contributed by atoms with E-state index >= 15 is 0 Å². The molecule has 3 rings (SSSR count). The molecule has 0 atom stereocenters. The number of anilines is 2. The van der Waals surface area contributed by atoms with Crippen LogP contribution in [0.4, 0.5) is 11.5 Å². The highest BCUT2D eigenvalue weighted by atomic mass is 32.2. The number of nitrogen functional groups attached to an aromatic ring is 1. The largest absolute Gasteiger partial charge is 0.384 e. The second-order valence-corrected chi connectivity index (χ2v) is 7.43. The van der Waals surface area contributed by atoms with Crippen molar-refractivity contribution in [1.29, 1.82) is 0 Å². The van der Waals surface area contributed by atoms with Crippen LogP contribution in [0.1, 0.15) is 20.7 Å². The van der Waals surface area contributed by atoms with Crippen molar-refractivity contribution < 1.29 is 18.0 Å². The third-order valence-electron chi connectivity index (χ3n) is 3.95. The maximum Gasteiger partial charge on any atom is 0.262 e. The highest BCUT2D eigenvalue weighted by molar-refractivity contribution is 7.89. The Labute approximate surface area is 148 Å². The predicted molar refractivity (Wildman–Crippen MR) is 93.9 cm³/mol. The lowest BCUT2D eigenvalue weighted by molar-refractivity contribution is 0.0880. The molecule has 0 aliphatic carbocycles. The van der Waals surface area contributed by atoms with Crippen LogP contribution in [0, 0.1) is 0 Å². The van der Waals surface area contributed by atoms with Crippen molar-refractivity contribution in [3.8, 4) is 5.69 Å². The second-order valence-electron chi connectivity index (χ2n) is 5.87. The van der Waals surface area contributed by atoms with Gasteiger partial charge in [0.1, 0.15) is 5.82 Å². The lowest BCUT2D eigenvalue weighted by atomic mass is 10.1. The first-order valence-electron chi connectivity index (χ1n) is 7.28. The van der Waals surface area contributed by atoms with Gasteiger partial charge in [0.2, 0.25) is 10.0 Å². The number of sulfonamides is 1. The van der Waals surface area contributed by atoms with Gasteiger partial charge in [-0.25, -0.2) is 13.6 Å². The summed E-state index contributed by atoms with van der Waals surface area (Å²) >= 11 is 0. The lowest BCUT2D eigenvalue weighted by Gasteiger charge is -2.21. The van der Waals surface area contributed by atoms with Gasteiger partial charge in [0.15, 0.2) is 0 Å².